The first-order chi connectivity index (χ1) is 11.6. The Morgan fingerprint density at radius 3 is 2.38 bits per heavy atom. The molecule has 2 aromatic rings. The zero-order valence-corrected chi connectivity index (χ0v) is 14.8. The van der Waals surface area contributed by atoms with E-state index in [2.05, 4.69) is 12.2 Å². The van der Waals surface area contributed by atoms with Gasteiger partial charge in [0.1, 0.15) is 5.75 Å². The predicted molar refractivity (Wildman–Crippen MR) is 97.6 cm³/mol. The van der Waals surface area contributed by atoms with Crippen LogP contribution in [0.4, 0.5) is 0 Å². The summed E-state index contributed by atoms with van der Waals surface area (Å²) in [5.41, 5.74) is 2.16. The van der Waals surface area contributed by atoms with Gasteiger partial charge in [-0.25, -0.2) is 0 Å². The second kappa shape index (κ2) is 9.23. The first-order valence-corrected chi connectivity index (χ1v) is 9.67. The Labute approximate surface area is 145 Å². The molecule has 128 valence electrons. The molecule has 5 heteroatoms. The van der Waals surface area contributed by atoms with Crippen LogP contribution in [-0.2, 0) is 22.0 Å². The molecule has 0 aliphatic carbocycles. The van der Waals surface area contributed by atoms with Gasteiger partial charge in [-0.05, 0) is 29.7 Å². The summed E-state index contributed by atoms with van der Waals surface area (Å²) in [4.78, 5) is 12.2. The molecule has 0 saturated carbocycles. The lowest BCUT2D eigenvalue weighted by Gasteiger charge is -2.18. The monoisotopic (exact) mass is 345 g/mol. The molecule has 0 aromatic heterocycles. The van der Waals surface area contributed by atoms with E-state index in [-0.39, 0.29) is 18.6 Å². The van der Waals surface area contributed by atoms with Gasteiger partial charge in [-0.3, -0.25) is 9.00 Å². The summed E-state index contributed by atoms with van der Waals surface area (Å²) < 4.78 is 17.1. The lowest BCUT2D eigenvalue weighted by Crippen LogP contribution is -2.35. The lowest BCUT2D eigenvalue weighted by atomic mass is 10.1. The summed E-state index contributed by atoms with van der Waals surface area (Å²) in [6.45, 7) is 2.02. The Morgan fingerprint density at radius 1 is 1.12 bits per heavy atom. The third-order valence-corrected chi connectivity index (χ3v) is 4.44. The molecule has 1 amide bonds. The van der Waals surface area contributed by atoms with Crippen molar-refractivity contribution >= 4 is 16.7 Å². The molecule has 2 aromatic carbocycles. The fourth-order valence-corrected chi connectivity index (χ4v) is 3.09. The Hall–Kier alpha value is -2.14. The SMILES string of the molecule is CCc1ccc(OCC(=O)N[C@@H](C[S@](C)=O)c2ccccc2)cc1. The van der Waals surface area contributed by atoms with Crippen molar-refractivity contribution in [3.05, 3.63) is 65.7 Å². The number of carbonyl (C=O) groups is 1. The summed E-state index contributed by atoms with van der Waals surface area (Å²) in [6, 6.07) is 17.0. The summed E-state index contributed by atoms with van der Waals surface area (Å²) in [5.74, 6) is 0.813. The number of rotatable bonds is 8. The van der Waals surface area contributed by atoms with Gasteiger partial charge in [-0.2, -0.15) is 0 Å². The highest BCUT2D eigenvalue weighted by atomic mass is 32.2. The topological polar surface area (TPSA) is 55.4 Å². The molecular weight excluding hydrogens is 322 g/mol. The zero-order valence-electron chi connectivity index (χ0n) is 14.0. The fraction of sp³-hybridized carbons (Fsp3) is 0.316. The molecule has 2 atom stereocenters. The van der Waals surface area contributed by atoms with Crippen LogP contribution in [0.3, 0.4) is 0 Å². The van der Waals surface area contributed by atoms with E-state index in [0.717, 1.165) is 12.0 Å². The second-order valence-corrected chi connectivity index (χ2v) is 7.04. The van der Waals surface area contributed by atoms with E-state index in [1.54, 1.807) is 6.26 Å². The van der Waals surface area contributed by atoms with Gasteiger partial charge in [0.2, 0.25) is 0 Å². The van der Waals surface area contributed by atoms with Crippen LogP contribution in [0.15, 0.2) is 54.6 Å². The minimum Gasteiger partial charge on any atom is -0.484 e. The second-order valence-electron chi connectivity index (χ2n) is 5.56. The van der Waals surface area contributed by atoms with Crippen LogP contribution in [0, 0.1) is 0 Å². The van der Waals surface area contributed by atoms with E-state index in [1.165, 1.54) is 5.56 Å². The molecule has 0 saturated heterocycles. The number of hydrogen-bond donors (Lipinski definition) is 1. The van der Waals surface area contributed by atoms with Crippen molar-refractivity contribution in [2.45, 2.75) is 19.4 Å². The molecule has 0 fully saturated rings. The number of aryl methyl sites for hydroxylation is 1. The van der Waals surface area contributed by atoms with Crippen LogP contribution < -0.4 is 10.1 Å². The van der Waals surface area contributed by atoms with Crippen molar-refractivity contribution in [3.63, 3.8) is 0 Å². The molecule has 1 N–H and O–H groups in total. The maximum atomic E-state index is 12.2. The predicted octanol–water partition coefficient (Wildman–Crippen LogP) is 2.86. The molecular formula is C19H23NO3S. The standard InChI is InChI=1S/C19H23NO3S/c1-3-15-9-11-17(12-10-15)23-13-19(21)20-18(14-24(2)22)16-7-5-4-6-8-16/h4-12,18H,3,13-14H2,1-2H3,(H,20,21)/t18-,24-/m0/s1. The minimum atomic E-state index is -1.01. The van der Waals surface area contributed by atoms with Gasteiger partial charge in [-0.15, -0.1) is 0 Å². The molecule has 0 radical (unpaired) electrons. The molecule has 24 heavy (non-hydrogen) atoms. The molecule has 0 unspecified atom stereocenters. The van der Waals surface area contributed by atoms with Gasteiger partial charge in [-0.1, -0.05) is 49.4 Å². The lowest BCUT2D eigenvalue weighted by molar-refractivity contribution is -0.123. The maximum absolute atomic E-state index is 12.2. The maximum Gasteiger partial charge on any atom is 0.258 e. The first kappa shape index (κ1) is 18.2. The van der Waals surface area contributed by atoms with E-state index in [1.807, 2.05) is 54.6 Å². The summed E-state index contributed by atoms with van der Waals surface area (Å²) >= 11 is 0. The van der Waals surface area contributed by atoms with E-state index < -0.39 is 10.8 Å². The average Bonchev–Trinajstić information content (AvgIpc) is 2.60. The summed E-state index contributed by atoms with van der Waals surface area (Å²) in [5, 5.41) is 2.90. The average molecular weight is 345 g/mol. The number of benzene rings is 2. The van der Waals surface area contributed by atoms with Gasteiger partial charge in [0, 0.05) is 22.8 Å². The zero-order chi connectivity index (χ0) is 17.4. The number of nitrogens with one attached hydrogen (secondary N) is 1. The molecule has 4 nitrogen and oxygen atoms in total. The van der Waals surface area contributed by atoms with Gasteiger partial charge in [0.05, 0.1) is 6.04 Å². The largest absolute Gasteiger partial charge is 0.484 e. The number of ether oxygens (including phenoxy) is 1. The van der Waals surface area contributed by atoms with Gasteiger partial charge >= 0.3 is 0 Å². The number of carbonyl (C=O) groups excluding carboxylic acids is 1. The third kappa shape index (κ3) is 5.81. The van der Waals surface area contributed by atoms with Gasteiger partial charge in [0.15, 0.2) is 6.61 Å². The Bertz CT molecular complexity index is 671. The third-order valence-electron chi connectivity index (χ3n) is 3.64. The minimum absolute atomic E-state index is 0.0643. The van der Waals surface area contributed by atoms with Crippen molar-refractivity contribution in [1.29, 1.82) is 0 Å². The van der Waals surface area contributed by atoms with Crippen LogP contribution in [-0.4, -0.2) is 28.7 Å². The molecule has 0 aliphatic rings. The van der Waals surface area contributed by atoms with E-state index in [4.69, 9.17) is 4.74 Å². The first-order valence-electron chi connectivity index (χ1n) is 7.94. The van der Waals surface area contributed by atoms with Crippen molar-refractivity contribution in [1.82, 2.24) is 5.32 Å². The summed E-state index contributed by atoms with van der Waals surface area (Å²) in [6.07, 6.45) is 2.60. The van der Waals surface area contributed by atoms with Crippen LogP contribution in [0.25, 0.3) is 0 Å². The fourth-order valence-electron chi connectivity index (χ4n) is 2.35. The smallest absolute Gasteiger partial charge is 0.258 e. The number of amides is 1. The highest BCUT2D eigenvalue weighted by Crippen LogP contribution is 2.15. The Balaban J connectivity index is 1.93. The molecule has 0 aliphatic heterocycles. The van der Waals surface area contributed by atoms with Crippen molar-refractivity contribution in [2.24, 2.45) is 0 Å². The van der Waals surface area contributed by atoms with Crippen LogP contribution >= 0.6 is 0 Å². The van der Waals surface area contributed by atoms with Crippen LogP contribution in [0.2, 0.25) is 0 Å². The molecule has 0 spiro atoms. The van der Waals surface area contributed by atoms with E-state index in [9.17, 15) is 9.00 Å². The Kier molecular flexibility index (Phi) is 7.00. The van der Waals surface area contributed by atoms with Gasteiger partial charge < -0.3 is 10.1 Å². The van der Waals surface area contributed by atoms with Crippen molar-refractivity contribution in [2.75, 3.05) is 18.6 Å². The highest BCUT2D eigenvalue weighted by molar-refractivity contribution is 7.84. The number of hydrogen-bond acceptors (Lipinski definition) is 3. The normalized spacial score (nSPS) is 13.1. The molecule has 2 rings (SSSR count). The Morgan fingerprint density at radius 2 is 1.79 bits per heavy atom. The van der Waals surface area contributed by atoms with Crippen molar-refractivity contribution < 1.29 is 13.7 Å². The van der Waals surface area contributed by atoms with Gasteiger partial charge in [0.25, 0.3) is 5.91 Å². The van der Waals surface area contributed by atoms with Crippen molar-refractivity contribution in [3.8, 4) is 5.75 Å². The van der Waals surface area contributed by atoms with E-state index in [0.29, 0.717) is 11.5 Å². The van der Waals surface area contributed by atoms with Crippen LogP contribution in [0.1, 0.15) is 24.1 Å². The van der Waals surface area contributed by atoms with E-state index >= 15 is 0 Å². The summed E-state index contributed by atoms with van der Waals surface area (Å²) in [7, 11) is -1.01. The molecule has 0 heterocycles. The highest BCUT2D eigenvalue weighted by Gasteiger charge is 2.16. The van der Waals surface area contributed by atoms with Crippen LogP contribution in [0.5, 0.6) is 5.75 Å². The quantitative estimate of drug-likeness (QED) is 0.800. The molecule has 0 bridgehead atoms.